The summed E-state index contributed by atoms with van der Waals surface area (Å²) in [5, 5.41) is 9.73. The first-order chi connectivity index (χ1) is 12.2. The maximum absolute atomic E-state index is 12.5. The number of furan rings is 1. The minimum Gasteiger partial charge on any atom is -0.461 e. The van der Waals surface area contributed by atoms with E-state index < -0.39 is 0 Å². The number of hydrogen-bond donors (Lipinski definition) is 2. The van der Waals surface area contributed by atoms with Crippen molar-refractivity contribution >= 4 is 16.9 Å². The molecule has 25 heavy (non-hydrogen) atoms. The van der Waals surface area contributed by atoms with Crippen molar-refractivity contribution < 1.29 is 9.21 Å². The number of imidazole rings is 1. The smallest absolute Gasteiger partial charge is 0.243 e. The Labute approximate surface area is 142 Å². The Morgan fingerprint density at radius 2 is 2.20 bits per heavy atom. The number of nitrogens with one attached hydrogen (secondary N) is 2. The van der Waals surface area contributed by atoms with Crippen LogP contribution in [0.15, 0.2) is 53.4 Å². The molecular weight excluding hydrogens is 320 g/mol. The van der Waals surface area contributed by atoms with Gasteiger partial charge in [0.15, 0.2) is 5.76 Å². The summed E-state index contributed by atoms with van der Waals surface area (Å²) in [7, 11) is 0. The van der Waals surface area contributed by atoms with Gasteiger partial charge < -0.3 is 14.3 Å². The first-order valence-electron chi connectivity index (χ1n) is 7.87. The number of fused-ring (bicyclic) bond motifs is 1. The fraction of sp³-hybridized carbons (Fsp3) is 0.176. The monoisotopic (exact) mass is 336 g/mol. The summed E-state index contributed by atoms with van der Waals surface area (Å²) >= 11 is 0. The quantitative estimate of drug-likeness (QED) is 0.582. The highest BCUT2D eigenvalue weighted by Gasteiger charge is 2.17. The van der Waals surface area contributed by atoms with Crippen molar-refractivity contribution in [1.82, 2.24) is 30.0 Å². The van der Waals surface area contributed by atoms with Crippen molar-refractivity contribution in [3.8, 4) is 11.6 Å². The molecule has 126 valence electrons. The fourth-order valence-electron chi connectivity index (χ4n) is 2.62. The second-order valence-corrected chi connectivity index (χ2v) is 5.62. The SMILES string of the molecule is CC(C(=O)NCc1nc(-c2ccco2)n[nH]1)n1cnc2ccccc21. The second kappa shape index (κ2) is 6.23. The van der Waals surface area contributed by atoms with Gasteiger partial charge >= 0.3 is 0 Å². The maximum atomic E-state index is 12.5. The zero-order valence-electron chi connectivity index (χ0n) is 13.5. The van der Waals surface area contributed by atoms with Crippen molar-refractivity contribution in [2.45, 2.75) is 19.5 Å². The van der Waals surface area contributed by atoms with Gasteiger partial charge in [-0.2, -0.15) is 0 Å². The highest BCUT2D eigenvalue weighted by Crippen LogP contribution is 2.18. The molecule has 0 fully saturated rings. The Kier molecular flexibility index (Phi) is 3.77. The molecule has 2 N–H and O–H groups in total. The molecule has 0 saturated heterocycles. The first kappa shape index (κ1) is 15.1. The molecule has 1 amide bonds. The molecule has 1 unspecified atom stereocenters. The van der Waals surface area contributed by atoms with E-state index in [0.29, 0.717) is 17.4 Å². The summed E-state index contributed by atoms with van der Waals surface area (Å²) in [6.07, 6.45) is 3.24. The number of carbonyl (C=O) groups excluding carboxylic acids is 1. The van der Waals surface area contributed by atoms with Crippen molar-refractivity contribution in [1.29, 1.82) is 0 Å². The standard InChI is InChI=1S/C17H16N6O2/c1-11(23-10-19-12-5-2-3-6-13(12)23)17(24)18-9-15-20-16(22-21-15)14-7-4-8-25-14/h2-8,10-11H,9H2,1H3,(H,18,24)(H,20,21,22). The Morgan fingerprint density at radius 1 is 1.32 bits per heavy atom. The van der Waals surface area contributed by atoms with Gasteiger partial charge in [-0.15, -0.1) is 5.10 Å². The molecule has 3 heterocycles. The molecular formula is C17H16N6O2. The molecule has 0 bridgehead atoms. The van der Waals surface area contributed by atoms with Gasteiger partial charge in [0.05, 0.1) is 30.2 Å². The molecule has 0 saturated carbocycles. The third-order valence-electron chi connectivity index (χ3n) is 3.98. The van der Waals surface area contributed by atoms with Crippen LogP contribution in [0.25, 0.3) is 22.6 Å². The lowest BCUT2D eigenvalue weighted by molar-refractivity contribution is -0.124. The van der Waals surface area contributed by atoms with E-state index in [0.717, 1.165) is 11.0 Å². The minimum absolute atomic E-state index is 0.126. The lowest BCUT2D eigenvalue weighted by Crippen LogP contribution is -2.30. The average molecular weight is 336 g/mol. The lowest BCUT2D eigenvalue weighted by atomic mass is 10.2. The maximum Gasteiger partial charge on any atom is 0.243 e. The molecule has 1 aromatic carbocycles. The zero-order chi connectivity index (χ0) is 17.2. The number of para-hydroxylation sites is 2. The van der Waals surface area contributed by atoms with Crippen LogP contribution in [0.2, 0.25) is 0 Å². The van der Waals surface area contributed by atoms with Crippen LogP contribution in [-0.2, 0) is 11.3 Å². The topological polar surface area (TPSA) is 102 Å². The Hall–Kier alpha value is -3.42. The van der Waals surface area contributed by atoms with Gasteiger partial charge in [-0.25, -0.2) is 9.97 Å². The van der Waals surface area contributed by atoms with Crippen LogP contribution in [0.5, 0.6) is 0 Å². The van der Waals surface area contributed by atoms with Gasteiger partial charge in [0.1, 0.15) is 11.9 Å². The molecule has 0 aliphatic carbocycles. The first-order valence-corrected chi connectivity index (χ1v) is 7.87. The summed E-state index contributed by atoms with van der Waals surface area (Å²) in [5.41, 5.74) is 1.78. The van der Waals surface area contributed by atoms with Gasteiger partial charge in [0.2, 0.25) is 11.7 Å². The van der Waals surface area contributed by atoms with E-state index >= 15 is 0 Å². The van der Waals surface area contributed by atoms with Crippen LogP contribution >= 0.6 is 0 Å². The summed E-state index contributed by atoms with van der Waals surface area (Å²) < 4.78 is 7.09. The predicted octanol–water partition coefficient (Wildman–Crippen LogP) is 2.29. The van der Waals surface area contributed by atoms with E-state index in [1.807, 2.05) is 35.8 Å². The lowest BCUT2D eigenvalue weighted by Gasteiger charge is -2.13. The molecule has 0 aliphatic rings. The molecule has 3 aromatic heterocycles. The predicted molar refractivity (Wildman–Crippen MR) is 90.4 cm³/mol. The van der Waals surface area contributed by atoms with Crippen LogP contribution in [0, 0.1) is 0 Å². The van der Waals surface area contributed by atoms with Crippen LogP contribution in [0.1, 0.15) is 18.8 Å². The zero-order valence-corrected chi connectivity index (χ0v) is 13.5. The van der Waals surface area contributed by atoms with Crippen molar-refractivity contribution in [3.63, 3.8) is 0 Å². The molecule has 0 radical (unpaired) electrons. The third-order valence-corrected chi connectivity index (χ3v) is 3.98. The summed E-state index contributed by atoms with van der Waals surface area (Å²) in [4.78, 5) is 21.1. The third kappa shape index (κ3) is 2.89. The highest BCUT2D eigenvalue weighted by atomic mass is 16.3. The van der Waals surface area contributed by atoms with Crippen LogP contribution in [0.3, 0.4) is 0 Å². The normalized spacial score (nSPS) is 12.4. The molecule has 8 nitrogen and oxygen atoms in total. The largest absolute Gasteiger partial charge is 0.461 e. The molecule has 4 aromatic rings. The fourth-order valence-corrected chi connectivity index (χ4v) is 2.62. The van der Waals surface area contributed by atoms with Crippen LogP contribution < -0.4 is 5.32 Å². The molecule has 1 atom stereocenters. The number of aromatic nitrogens is 5. The van der Waals surface area contributed by atoms with E-state index in [1.54, 1.807) is 24.7 Å². The number of carbonyl (C=O) groups is 1. The Morgan fingerprint density at radius 3 is 3.04 bits per heavy atom. The molecule has 8 heteroatoms. The van der Waals surface area contributed by atoms with Gasteiger partial charge in [0.25, 0.3) is 0 Å². The number of aromatic amines is 1. The average Bonchev–Trinajstić information content (AvgIpc) is 3.38. The van der Waals surface area contributed by atoms with Crippen molar-refractivity contribution in [3.05, 3.63) is 54.8 Å². The molecule has 0 spiro atoms. The number of H-pyrrole nitrogens is 1. The van der Waals surface area contributed by atoms with Crippen molar-refractivity contribution in [2.75, 3.05) is 0 Å². The van der Waals surface area contributed by atoms with Gasteiger partial charge in [-0.1, -0.05) is 12.1 Å². The van der Waals surface area contributed by atoms with E-state index in [-0.39, 0.29) is 18.5 Å². The molecule has 4 rings (SSSR count). The summed E-state index contributed by atoms with van der Waals surface area (Å²) in [6.45, 7) is 2.08. The Bertz CT molecular complexity index is 1000. The van der Waals surface area contributed by atoms with Crippen LogP contribution in [0.4, 0.5) is 0 Å². The summed E-state index contributed by atoms with van der Waals surface area (Å²) in [6, 6.07) is 10.9. The van der Waals surface area contributed by atoms with E-state index in [9.17, 15) is 4.79 Å². The number of hydrogen-bond acceptors (Lipinski definition) is 5. The number of benzene rings is 1. The van der Waals surface area contributed by atoms with Gasteiger partial charge in [0, 0.05) is 0 Å². The number of amides is 1. The van der Waals surface area contributed by atoms with Gasteiger partial charge in [-0.3, -0.25) is 9.89 Å². The second-order valence-electron chi connectivity index (χ2n) is 5.62. The summed E-state index contributed by atoms with van der Waals surface area (Å²) in [5.74, 6) is 1.47. The van der Waals surface area contributed by atoms with E-state index in [4.69, 9.17) is 4.42 Å². The van der Waals surface area contributed by atoms with Crippen molar-refractivity contribution in [2.24, 2.45) is 0 Å². The Balaban J connectivity index is 1.43. The molecule has 0 aliphatic heterocycles. The van der Waals surface area contributed by atoms with E-state index in [1.165, 1.54) is 0 Å². The van der Waals surface area contributed by atoms with E-state index in [2.05, 4.69) is 25.5 Å². The number of nitrogens with zero attached hydrogens (tertiary/aromatic N) is 4. The van der Waals surface area contributed by atoms with Crippen LogP contribution in [-0.4, -0.2) is 30.6 Å². The highest BCUT2D eigenvalue weighted by molar-refractivity contribution is 5.83. The number of rotatable bonds is 5. The minimum atomic E-state index is -0.389. The van der Waals surface area contributed by atoms with Gasteiger partial charge in [-0.05, 0) is 31.2 Å².